The van der Waals surface area contributed by atoms with E-state index < -0.39 is 22.8 Å². The minimum Gasteiger partial charge on any atom is -0.495 e. The standard InChI is InChI=1S/C14H8Cl3F3O/c1-21-11-5-8(15)7(4-9(11)16)12(17)6-2-3-10(18)14(20)13(6)19/h2-5,12H,1H3. The van der Waals surface area contributed by atoms with E-state index in [1.165, 1.54) is 19.2 Å². The third kappa shape index (κ3) is 3.07. The second-order valence-corrected chi connectivity index (χ2v) is 5.39. The predicted molar refractivity (Wildman–Crippen MR) is 77.0 cm³/mol. The van der Waals surface area contributed by atoms with Crippen molar-refractivity contribution in [3.05, 3.63) is 62.9 Å². The molecule has 0 saturated heterocycles. The number of halogens is 6. The maximum Gasteiger partial charge on any atom is 0.194 e. The molecule has 2 aromatic carbocycles. The quantitative estimate of drug-likeness (QED) is 0.503. The van der Waals surface area contributed by atoms with E-state index in [9.17, 15) is 13.2 Å². The SMILES string of the molecule is COc1cc(Cl)c(C(Cl)c2ccc(F)c(F)c2F)cc1Cl. The van der Waals surface area contributed by atoms with Crippen LogP contribution >= 0.6 is 34.8 Å². The zero-order chi connectivity index (χ0) is 15.7. The van der Waals surface area contributed by atoms with E-state index in [1.807, 2.05) is 0 Å². The highest BCUT2D eigenvalue weighted by Crippen LogP contribution is 2.40. The van der Waals surface area contributed by atoms with Crippen molar-refractivity contribution in [2.24, 2.45) is 0 Å². The average molecular weight is 356 g/mol. The van der Waals surface area contributed by atoms with E-state index in [0.29, 0.717) is 5.75 Å². The molecule has 21 heavy (non-hydrogen) atoms. The van der Waals surface area contributed by atoms with Crippen molar-refractivity contribution in [1.82, 2.24) is 0 Å². The maximum atomic E-state index is 13.8. The molecule has 0 bridgehead atoms. The van der Waals surface area contributed by atoms with Crippen LogP contribution in [0, 0.1) is 17.5 Å². The zero-order valence-electron chi connectivity index (χ0n) is 10.6. The number of ether oxygens (including phenoxy) is 1. The van der Waals surface area contributed by atoms with E-state index in [4.69, 9.17) is 39.5 Å². The summed E-state index contributed by atoms with van der Waals surface area (Å²) < 4.78 is 45.0. The lowest BCUT2D eigenvalue weighted by molar-refractivity contribution is 0.415. The molecule has 0 radical (unpaired) electrons. The molecule has 0 aromatic heterocycles. The van der Waals surface area contributed by atoms with Gasteiger partial charge in [0.2, 0.25) is 0 Å². The van der Waals surface area contributed by atoms with Crippen molar-refractivity contribution in [2.45, 2.75) is 5.38 Å². The van der Waals surface area contributed by atoms with Crippen LogP contribution in [0.15, 0.2) is 24.3 Å². The number of rotatable bonds is 3. The number of methoxy groups -OCH3 is 1. The van der Waals surface area contributed by atoms with Gasteiger partial charge in [-0.3, -0.25) is 0 Å². The van der Waals surface area contributed by atoms with Gasteiger partial charge in [0.05, 0.1) is 17.5 Å². The first-order valence-electron chi connectivity index (χ1n) is 5.67. The molecule has 0 saturated carbocycles. The largest absolute Gasteiger partial charge is 0.495 e. The number of hydrogen-bond acceptors (Lipinski definition) is 1. The molecule has 1 unspecified atom stereocenters. The number of hydrogen-bond donors (Lipinski definition) is 0. The van der Waals surface area contributed by atoms with Crippen LogP contribution in [0.2, 0.25) is 10.0 Å². The Hall–Kier alpha value is -1.10. The summed E-state index contributed by atoms with van der Waals surface area (Å²) in [5.74, 6) is -3.93. The molecule has 0 fully saturated rings. The molecule has 2 aromatic rings. The normalized spacial score (nSPS) is 12.3. The third-order valence-electron chi connectivity index (χ3n) is 2.88. The van der Waals surface area contributed by atoms with Crippen LogP contribution in [-0.4, -0.2) is 7.11 Å². The van der Waals surface area contributed by atoms with E-state index in [-0.39, 0.29) is 21.2 Å². The lowest BCUT2D eigenvalue weighted by Gasteiger charge is -2.15. The molecule has 0 spiro atoms. The van der Waals surface area contributed by atoms with Crippen LogP contribution in [0.5, 0.6) is 5.75 Å². The second-order valence-electron chi connectivity index (χ2n) is 4.14. The van der Waals surface area contributed by atoms with Crippen molar-refractivity contribution in [2.75, 3.05) is 7.11 Å². The molecule has 2 rings (SSSR count). The molecular formula is C14H8Cl3F3O. The fraction of sp³-hybridized carbons (Fsp3) is 0.143. The third-order valence-corrected chi connectivity index (χ3v) is 3.98. The van der Waals surface area contributed by atoms with Crippen molar-refractivity contribution in [1.29, 1.82) is 0 Å². The summed E-state index contributed by atoms with van der Waals surface area (Å²) in [5.41, 5.74) is 0.0211. The van der Waals surface area contributed by atoms with Crippen molar-refractivity contribution >= 4 is 34.8 Å². The monoisotopic (exact) mass is 354 g/mol. The molecule has 1 atom stereocenters. The summed E-state index contributed by atoms with van der Waals surface area (Å²) in [7, 11) is 1.41. The highest BCUT2D eigenvalue weighted by Gasteiger charge is 2.23. The molecule has 0 aliphatic rings. The zero-order valence-corrected chi connectivity index (χ0v) is 12.8. The second kappa shape index (κ2) is 6.34. The molecule has 0 aliphatic carbocycles. The van der Waals surface area contributed by atoms with Gasteiger partial charge < -0.3 is 4.74 Å². The predicted octanol–water partition coefficient (Wildman–Crippen LogP) is 5.75. The van der Waals surface area contributed by atoms with Gasteiger partial charge in [-0.1, -0.05) is 29.3 Å². The van der Waals surface area contributed by atoms with Crippen LogP contribution in [0.25, 0.3) is 0 Å². The molecule has 0 heterocycles. The first-order valence-corrected chi connectivity index (χ1v) is 6.86. The Kier molecular flexibility index (Phi) is 4.91. The minimum atomic E-state index is -1.59. The van der Waals surface area contributed by atoms with E-state index in [0.717, 1.165) is 12.1 Å². The fourth-order valence-corrected chi connectivity index (χ4v) is 2.72. The summed E-state index contributed by atoms with van der Waals surface area (Å²) in [6, 6.07) is 4.65. The van der Waals surface area contributed by atoms with Gasteiger partial charge in [0.25, 0.3) is 0 Å². The molecule has 1 nitrogen and oxygen atoms in total. The van der Waals surface area contributed by atoms with Gasteiger partial charge in [-0.25, -0.2) is 13.2 Å². The summed E-state index contributed by atoms with van der Waals surface area (Å²) in [6.45, 7) is 0. The first-order chi connectivity index (χ1) is 9.86. The van der Waals surface area contributed by atoms with Gasteiger partial charge >= 0.3 is 0 Å². The lowest BCUT2D eigenvalue weighted by atomic mass is 10.0. The summed E-state index contributed by atoms with van der Waals surface area (Å²) in [4.78, 5) is 0. The number of alkyl halides is 1. The van der Waals surface area contributed by atoms with Crippen molar-refractivity contribution in [3.8, 4) is 5.75 Å². The summed E-state index contributed by atoms with van der Waals surface area (Å²) in [5, 5.41) is -0.748. The van der Waals surface area contributed by atoms with E-state index in [2.05, 4.69) is 0 Å². The maximum absolute atomic E-state index is 13.8. The topological polar surface area (TPSA) is 9.23 Å². The Morgan fingerprint density at radius 1 is 0.952 bits per heavy atom. The van der Waals surface area contributed by atoms with Crippen LogP contribution in [0.1, 0.15) is 16.5 Å². The molecule has 0 amide bonds. The van der Waals surface area contributed by atoms with Gasteiger partial charge in [-0.2, -0.15) is 0 Å². The summed E-state index contributed by atoms with van der Waals surface area (Å²) in [6.07, 6.45) is 0. The van der Waals surface area contributed by atoms with Crippen LogP contribution in [0.4, 0.5) is 13.2 Å². The Labute approximate surface area is 134 Å². The van der Waals surface area contributed by atoms with Crippen LogP contribution in [0.3, 0.4) is 0 Å². The van der Waals surface area contributed by atoms with Gasteiger partial charge in [0, 0.05) is 16.7 Å². The van der Waals surface area contributed by atoms with Crippen molar-refractivity contribution in [3.63, 3.8) is 0 Å². The highest BCUT2D eigenvalue weighted by molar-refractivity contribution is 6.36. The van der Waals surface area contributed by atoms with Crippen molar-refractivity contribution < 1.29 is 17.9 Å². The van der Waals surface area contributed by atoms with Gasteiger partial charge in [0.15, 0.2) is 17.5 Å². The Balaban J connectivity index is 2.53. The molecule has 7 heteroatoms. The van der Waals surface area contributed by atoms with Gasteiger partial charge in [-0.05, 0) is 17.7 Å². The van der Waals surface area contributed by atoms with Gasteiger partial charge in [-0.15, -0.1) is 11.6 Å². The summed E-state index contributed by atoms with van der Waals surface area (Å²) >= 11 is 18.1. The van der Waals surface area contributed by atoms with E-state index >= 15 is 0 Å². The van der Waals surface area contributed by atoms with Gasteiger partial charge in [0.1, 0.15) is 5.75 Å². The first kappa shape index (κ1) is 16.3. The van der Waals surface area contributed by atoms with E-state index in [1.54, 1.807) is 0 Å². The average Bonchev–Trinajstić information content (AvgIpc) is 2.46. The lowest BCUT2D eigenvalue weighted by Crippen LogP contribution is -2.02. The fourth-order valence-electron chi connectivity index (χ4n) is 1.80. The number of benzene rings is 2. The Bertz CT molecular complexity index is 692. The molecule has 112 valence electrons. The highest BCUT2D eigenvalue weighted by atomic mass is 35.5. The molecular weight excluding hydrogens is 348 g/mol. The Morgan fingerprint density at radius 2 is 1.62 bits per heavy atom. The smallest absolute Gasteiger partial charge is 0.194 e. The van der Waals surface area contributed by atoms with Crippen LogP contribution in [-0.2, 0) is 0 Å². The molecule has 0 N–H and O–H groups in total. The molecule has 0 aliphatic heterocycles. The Morgan fingerprint density at radius 3 is 2.24 bits per heavy atom. The minimum absolute atomic E-state index is 0.167. The van der Waals surface area contributed by atoms with Crippen LogP contribution < -0.4 is 4.74 Å².